The molecule has 0 aliphatic carbocycles. The fourth-order valence-corrected chi connectivity index (χ4v) is 3.16. The van der Waals surface area contributed by atoms with Crippen LogP contribution in [-0.4, -0.2) is 54.9 Å². The van der Waals surface area contributed by atoms with Gasteiger partial charge in [-0.2, -0.15) is 0 Å². The molecule has 0 radical (unpaired) electrons. The number of urea groups is 1. The molecule has 1 aliphatic heterocycles. The minimum atomic E-state index is -0.822. The van der Waals surface area contributed by atoms with Gasteiger partial charge in [0.05, 0.1) is 6.26 Å². The number of rotatable bonds is 7. The molecule has 3 heterocycles. The maximum Gasteiger partial charge on any atom is 0.325 e. The summed E-state index contributed by atoms with van der Waals surface area (Å²) < 4.78 is 6.94. The summed E-state index contributed by atoms with van der Waals surface area (Å²) in [5.74, 6) is 1.27. The highest BCUT2D eigenvalue weighted by atomic mass is 32.2. The van der Waals surface area contributed by atoms with Gasteiger partial charge in [-0.15, -0.1) is 5.10 Å². The summed E-state index contributed by atoms with van der Waals surface area (Å²) in [7, 11) is 0. The molecule has 0 unspecified atom stereocenters. The van der Waals surface area contributed by atoms with Crippen LogP contribution in [0.15, 0.2) is 28.0 Å². The zero-order valence-electron chi connectivity index (χ0n) is 13.4. The van der Waals surface area contributed by atoms with Crippen LogP contribution in [0.2, 0.25) is 0 Å². The predicted octanol–water partition coefficient (Wildman–Crippen LogP) is 1.13. The lowest BCUT2D eigenvalue weighted by Crippen LogP contribution is -2.40. The minimum Gasteiger partial charge on any atom is -0.467 e. The molecule has 0 bridgehead atoms. The molecule has 0 saturated carbocycles. The van der Waals surface area contributed by atoms with E-state index in [2.05, 4.69) is 20.8 Å². The lowest BCUT2D eigenvalue weighted by atomic mass is 10.1. The molecule has 1 fully saturated rings. The average Bonchev–Trinajstić information content (AvgIpc) is 3.22. The monoisotopic (exact) mass is 350 g/mol. The van der Waals surface area contributed by atoms with Gasteiger partial charge < -0.3 is 9.73 Å². The Morgan fingerprint density at radius 1 is 1.38 bits per heavy atom. The topological polar surface area (TPSA) is 106 Å². The molecule has 3 amide bonds. The summed E-state index contributed by atoms with van der Waals surface area (Å²) in [6, 6.07) is 3.33. The molecule has 128 valence electrons. The highest BCUT2D eigenvalue weighted by Crippen LogP contribution is 2.19. The van der Waals surface area contributed by atoms with Crippen molar-refractivity contribution in [2.24, 2.45) is 0 Å². The molecule has 1 saturated heterocycles. The number of thioether (sulfide) groups is 1. The molecule has 2 aromatic heterocycles. The summed E-state index contributed by atoms with van der Waals surface area (Å²) in [4.78, 5) is 25.1. The van der Waals surface area contributed by atoms with Crippen LogP contribution in [0.1, 0.15) is 26.0 Å². The van der Waals surface area contributed by atoms with Crippen LogP contribution in [0.25, 0.3) is 0 Å². The number of nitrogens with zero attached hydrogens (tertiary/aromatic N) is 5. The number of aromatic nitrogens is 4. The molecule has 3 rings (SSSR count). The number of carbonyl (C=O) groups is 2. The second-order valence-electron chi connectivity index (χ2n) is 5.91. The first-order chi connectivity index (χ1) is 11.5. The van der Waals surface area contributed by atoms with E-state index in [1.807, 2.05) is 12.1 Å². The number of carbonyl (C=O) groups excluding carboxylic acids is 2. The lowest BCUT2D eigenvalue weighted by Gasteiger charge is -2.15. The molecule has 24 heavy (non-hydrogen) atoms. The smallest absolute Gasteiger partial charge is 0.325 e. The van der Waals surface area contributed by atoms with Crippen molar-refractivity contribution in [3.8, 4) is 0 Å². The highest BCUT2D eigenvalue weighted by Gasteiger charge is 2.43. The maximum absolute atomic E-state index is 12.1. The Bertz CT molecular complexity index is 727. The molecule has 2 aromatic rings. The number of nitrogens with one attached hydrogen (secondary N) is 1. The van der Waals surface area contributed by atoms with Crippen molar-refractivity contribution in [3.05, 3.63) is 24.2 Å². The van der Waals surface area contributed by atoms with Crippen molar-refractivity contribution in [1.29, 1.82) is 0 Å². The molecule has 0 spiro atoms. The van der Waals surface area contributed by atoms with E-state index in [0.29, 0.717) is 30.4 Å². The van der Waals surface area contributed by atoms with Gasteiger partial charge in [0.2, 0.25) is 5.16 Å². The minimum absolute atomic E-state index is 0.194. The van der Waals surface area contributed by atoms with Crippen molar-refractivity contribution in [1.82, 2.24) is 30.4 Å². The van der Waals surface area contributed by atoms with Crippen LogP contribution >= 0.6 is 11.8 Å². The van der Waals surface area contributed by atoms with Crippen molar-refractivity contribution >= 4 is 23.7 Å². The summed E-state index contributed by atoms with van der Waals surface area (Å²) in [6.45, 7) is 4.24. The second-order valence-corrected chi connectivity index (χ2v) is 6.97. The molecule has 0 atom stereocenters. The number of hydrogen-bond acceptors (Lipinski definition) is 7. The Hall–Kier alpha value is -2.36. The molecule has 0 aromatic carbocycles. The molecule has 1 N–H and O–H groups in total. The standard InChI is InChI=1S/C14H18N6O3S/c1-14(2)11(21)19(12(22)15-14)6-4-8-24-13-16-17-18-20(13)9-10-5-3-7-23-10/h3,5,7H,4,6,8-9H2,1-2H3,(H,15,22). The first-order valence-corrected chi connectivity index (χ1v) is 8.51. The normalized spacial score (nSPS) is 16.7. The maximum atomic E-state index is 12.1. The van der Waals surface area contributed by atoms with Gasteiger partial charge in [-0.3, -0.25) is 9.69 Å². The Labute approximate surface area is 142 Å². The summed E-state index contributed by atoms with van der Waals surface area (Å²) >= 11 is 1.48. The van der Waals surface area contributed by atoms with E-state index < -0.39 is 5.54 Å². The van der Waals surface area contributed by atoms with Gasteiger partial charge in [-0.1, -0.05) is 11.8 Å². The van der Waals surface area contributed by atoms with E-state index in [-0.39, 0.29) is 11.9 Å². The van der Waals surface area contributed by atoms with E-state index in [1.54, 1.807) is 24.8 Å². The average molecular weight is 350 g/mol. The van der Waals surface area contributed by atoms with Gasteiger partial charge in [0, 0.05) is 12.3 Å². The summed E-state index contributed by atoms with van der Waals surface area (Å²) in [6.07, 6.45) is 2.26. The first-order valence-electron chi connectivity index (χ1n) is 7.53. The molecule has 1 aliphatic rings. The predicted molar refractivity (Wildman–Crippen MR) is 85.3 cm³/mol. The van der Waals surface area contributed by atoms with Gasteiger partial charge in [0.1, 0.15) is 17.8 Å². The van der Waals surface area contributed by atoms with Crippen molar-refractivity contribution in [2.45, 2.75) is 37.5 Å². The van der Waals surface area contributed by atoms with Crippen molar-refractivity contribution < 1.29 is 14.0 Å². The quantitative estimate of drug-likeness (QED) is 0.453. The van der Waals surface area contributed by atoms with E-state index in [0.717, 1.165) is 5.76 Å². The van der Waals surface area contributed by atoms with Crippen LogP contribution in [0.5, 0.6) is 0 Å². The van der Waals surface area contributed by atoms with Gasteiger partial charge in [0.15, 0.2) is 0 Å². The van der Waals surface area contributed by atoms with E-state index >= 15 is 0 Å². The second kappa shape index (κ2) is 6.63. The number of tetrazole rings is 1. The van der Waals surface area contributed by atoms with E-state index in [1.165, 1.54) is 16.7 Å². The zero-order chi connectivity index (χ0) is 17.2. The van der Waals surface area contributed by atoms with E-state index in [4.69, 9.17) is 4.42 Å². The number of furan rings is 1. The van der Waals surface area contributed by atoms with Crippen LogP contribution in [0.4, 0.5) is 4.79 Å². The summed E-state index contributed by atoms with van der Waals surface area (Å²) in [5, 5.41) is 14.9. The molecule has 10 heteroatoms. The number of amides is 3. The van der Waals surface area contributed by atoms with Crippen molar-refractivity contribution in [3.63, 3.8) is 0 Å². The van der Waals surface area contributed by atoms with Gasteiger partial charge >= 0.3 is 6.03 Å². The Morgan fingerprint density at radius 2 is 2.21 bits per heavy atom. The molecule has 9 nitrogen and oxygen atoms in total. The van der Waals surface area contributed by atoms with Crippen LogP contribution in [-0.2, 0) is 11.3 Å². The van der Waals surface area contributed by atoms with Crippen molar-refractivity contribution in [2.75, 3.05) is 12.3 Å². The zero-order valence-corrected chi connectivity index (χ0v) is 14.2. The Kier molecular flexibility index (Phi) is 4.56. The fourth-order valence-electron chi connectivity index (χ4n) is 2.36. The first kappa shape index (κ1) is 16.5. The van der Waals surface area contributed by atoms with Gasteiger partial charge in [0.25, 0.3) is 5.91 Å². The number of imide groups is 1. The lowest BCUT2D eigenvalue weighted by molar-refractivity contribution is -0.130. The van der Waals surface area contributed by atoms with Gasteiger partial charge in [-0.05, 0) is 42.8 Å². The third-order valence-corrected chi connectivity index (χ3v) is 4.63. The fraction of sp³-hybridized carbons (Fsp3) is 0.500. The van der Waals surface area contributed by atoms with E-state index in [9.17, 15) is 9.59 Å². The Morgan fingerprint density at radius 3 is 2.88 bits per heavy atom. The third-order valence-electron chi connectivity index (χ3n) is 3.59. The van der Waals surface area contributed by atoms with Gasteiger partial charge in [-0.25, -0.2) is 9.48 Å². The highest BCUT2D eigenvalue weighted by molar-refractivity contribution is 7.99. The molecular weight excluding hydrogens is 332 g/mol. The van der Waals surface area contributed by atoms with Crippen LogP contribution in [0.3, 0.4) is 0 Å². The summed E-state index contributed by atoms with van der Waals surface area (Å²) in [5.41, 5.74) is -0.822. The largest absolute Gasteiger partial charge is 0.467 e. The Balaban J connectivity index is 1.48. The third kappa shape index (κ3) is 3.42. The van der Waals surface area contributed by atoms with Crippen LogP contribution < -0.4 is 5.32 Å². The van der Waals surface area contributed by atoms with Crippen LogP contribution in [0, 0.1) is 0 Å². The molecular formula is C14H18N6O3S. The SMILES string of the molecule is CC1(C)NC(=O)N(CCCSc2nnnn2Cc2ccco2)C1=O. The number of hydrogen-bond donors (Lipinski definition) is 1.